The third-order valence-corrected chi connectivity index (χ3v) is 3.63. The van der Waals surface area contributed by atoms with Gasteiger partial charge in [-0.3, -0.25) is 4.79 Å². The van der Waals surface area contributed by atoms with Crippen LogP contribution >= 0.6 is 0 Å². The summed E-state index contributed by atoms with van der Waals surface area (Å²) in [5.74, 6) is -0.825. The zero-order valence-corrected chi connectivity index (χ0v) is 11.6. The second kappa shape index (κ2) is 6.05. The number of aromatic nitrogens is 3. The predicted molar refractivity (Wildman–Crippen MR) is 74.8 cm³/mol. The van der Waals surface area contributed by atoms with Crippen LogP contribution in [0, 0.1) is 0 Å². The first-order valence-electron chi connectivity index (χ1n) is 7.02. The highest BCUT2D eigenvalue weighted by Crippen LogP contribution is 2.27. The Morgan fingerprint density at radius 2 is 2.29 bits per heavy atom. The van der Waals surface area contributed by atoms with Crippen molar-refractivity contribution >= 4 is 5.97 Å². The van der Waals surface area contributed by atoms with Crippen molar-refractivity contribution in [1.29, 1.82) is 0 Å². The normalized spacial score (nSPS) is 17.4. The van der Waals surface area contributed by atoms with E-state index in [4.69, 9.17) is 9.84 Å². The largest absolute Gasteiger partial charge is 0.481 e. The minimum atomic E-state index is -0.825. The summed E-state index contributed by atoms with van der Waals surface area (Å²) in [6, 6.07) is 8.27. The standard InChI is InChI=1S/C15H17N3O3/c19-15(20)6-5-12-9-18(17-16-12)10-14-13-4-2-1-3-11(13)7-8-21-14/h1-4,9,14H,5-8,10H2,(H,19,20). The number of aryl methyl sites for hydroxylation is 1. The van der Waals surface area contributed by atoms with Crippen LogP contribution in [0.3, 0.4) is 0 Å². The van der Waals surface area contributed by atoms with Crippen molar-refractivity contribution < 1.29 is 14.6 Å². The van der Waals surface area contributed by atoms with Crippen LogP contribution in [0.2, 0.25) is 0 Å². The highest BCUT2D eigenvalue weighted by molar-refractivity contribution is 5.66. The monoisotopic (exact) mass is 287 g/mol. The molecule has 3 rings (SSSR count). The van der Waals surface area contributed by atoms with Crippen LogP contribution in [0.15, 0.2) is 30.5 Å². The topological polar surface area (TPSA) is 77.2 Å². The molecule has 1 aliphatic rings. The van der Waals surface area contributed by atoms with Gasteiger partial charge in [0.05, 0.1) is 25.3 Å². The fourth-order valence-corrected chi connectivity index (χ4v) is 2.58. The highest BCUT2D eigenvalue weighted by atomic mass is 16.5. The van der Waals surface area contributed by atoms with Crippen LogP contribution in [0.5, 0.6) is 0 Å². The molecular weight excluding hydrogens is 270 g/mol. The Kier molecular flexibility index (Phi) is 3.96. The Balaban J connectivity index is 1.69. The molecule has 1 aromatic carbocycles. The van der Waals surface area contributed by atoms with Crippen molar-refractivity contribution in [2.45, 2.75) is 31.9 Å². The zero-order chi connectivity index (χ0) is 14.7. The maximum atomic E-state index is 10.6. The number of benzene rings is 1. The quantitative estimate of drug-likeness (QED) is 0.904. The van der Waals surface area contributed by atoms with Crippen molar-refractivity contribution in [3.63, 3.8) is 0 Å². The lowest BCUT2D eigenvalue weighted by Gasteiger charge is -2.25. The van der Waals surface area contributed by atoms with Gasteiger partial charge >= 0.3 is 5.97 Å². The van der Waals surface area contributed by atoms with Gasteiger partial charge in [0, 0.05) is 12.6 Å². The molecule has 0 saturated heterocycles. The molecule has 21 heavy (non-hydrogen) atoms. The number of hydrogen-bond acceptors (Lipinski definition) is 4. The minimum absolute atomic E-state index is 0.0241. The van der Waals surface area contributed by atoms with E-state index in [2.05, 4.69) is 22.4 Å². The molecular formula is C15H17N3O3. The summed E-state index contributed by atoms with van der Waals surface area (Å²) in [6.07, 6.45) is 3.18. The molecule has 2 heterocycles. The lowest BCUT2D eigenvalue weighted by Crippen LogP contribution is -2.20. The lowest BCUT2D eigenvalue weighted by molar-refractivity contribution is -0.136. The van der Waals surface area contributed by atoms with Gasteiger partial charge < -0.3 is 9.84 Å². The molecule has 0 amide bonds. The molecule has 0 fully saturated rings. The molecule has 1 unspecified atom stereocenters. The molecule has 2 aromatic rings. The number of aliphatic carboxylic acids is 1. The van der Waals surface area contributed by atoms with E-state index in [-0.39, 0.29) is 12.5 Å². The average Bonchev–Trinajstić information content (AvgIpc) is 2.93. The SMILES string of the molecule is O=C(O)CCc1cn(CC2OCCc3ccccc32)nn1. The van der Waals surface area contributed by atoms with E-state index in [0.29, 0.717) is 25.3 Å². The van der Waals surface area contributed by atoms with E-state index >= 15 is 0 Å². The Labute approximate surface area is 122 Å². The second-order valence-corrected chi connectivity index (χ2v) is 5.13. The molecule has 1 aromatic heterocycles. The van der Waals surface area contributed by atoms with Crippen molar-refractivity contribution in [1.82, 2.24) is 15.0 Å². The van der Waals surface area contributed by atoms with Crippen molar-refractivity contribution in [3.8, 4) is 0 Å². The van der Waals surface area contributed by atoms with Gasteiger partial charge in [0.2, 0.25) is 0 Å². The van der Waals surface area contributed by atoms with Gasteiger partial charge in [-0.2, -0.15) is 0 Å². The molecule has 0 bridgehead atoms. The van der Waals surface area contributed by atoms with Crippen LogP contribution in [0.4, 0.5) is 0 Å². The number of fused-ring (bicyclic) bond motifs is 1. The number of rotatable bonds is 5. The molecule has 6 heteroatoms. The average molecular weight is 287 g/mol. The molecule has 0 aliphatic carbocycles. The van der Waals surface area contributed by atoms with Gasteiger partial charge in [-0.1, -0.05) is 29.5 Å². The second-order valence-electron chi connectivity index (χ2n) is 5.13. The van der Waals surface area contributed by atoms with Gasteiger partial charge in [-0.05, 0) is 17.5 Å². The molecule has 1 aliphatic heterocycles. The summed E-state index contributed by atoms with van der Waals surface area (Å²) >= 11 is 0. The first-order chi connectivity index (χ1) is 10.2. The maximum Gasteiger partial charge on any atom is 0.303 e. The van der Waals surface area contributed by atoms with Crippen molar-refractivity contribution in [3.05, 3.63) is 47.3 Å². The van der Waals surface area contributed by atoms with Gasteiger partial charge in [0.25, 0.3) is 0 Å². The molecule has 110 valence electrons. The number of hydrogen-bond donors (Lipinski definition) is 1. The summed E-state index contributed by atoms with van der Waals surface area (Å²) in [7, 11) is 0. The Morgan fingerprint density at radius 1 is 1.43 bits per heavy atom. The first kappa shape index (κ1) is 13.8. The first-order valence-corrected chi connectivity index (χ1v) is 7.02. The highest BCUT2D eigenvalue weighted by Gasteiger charge is 2.21. The number of ether oxygens (including phenoxy) is 1. The van der Waals surface area contributed by atoms with E-state index < -0.39 is 5.97 Å². The Hall–Kier alpha value is -2.21. The van der Waals surface area contributed by atoms with Gasteiger partial charge in [-0.15, -0.1) is 5.10 Å². The fraction of sp³-hybridized carbons (Fsp3) is 0.400. The molecule has 6 nitrogen and oxygen atoms in total. The smallest absolute Gasteiger partial charge is 0.303 e. The number of nitrogens with zero attached hydrogens (tertiary/aromatic N) is 3. The summed E-state index contributed by atoms with van der Waals surface area (Å²) in [5.41, 5.74) is 3.22. The van der Waals surface area contributed by atoms with E-state index in [1.54, 1.807) is 10.9 Å². The third-order valence-electron chi connectivity index (χ3n) is 3.63. The number of carbonyl (C=O) groups is 1. The van der Waals surface area contributed by atoms with E-state index in [1.807, 2.05) is 12.1 Å². The fourth-order valence-electron chi connectivity index (χ4n) is 2.58. The number of carboxylic acid groups (broad SMARTS) is 1. The number of carboxylic acids is 1. The van der Waals surface area contributed by atoms with E-state index in [9.17, 15) is 4.79 Å². The molecule has 1 N–H and O–H groups in total. The van der Waals surface area contributed by atoms with Crippen LogP contribution in [0.1, 0.15) is 29.3 Å². The predicted octanol–water partition coefficient (Wildman–Crippen LogP) is 1.61. The van der Waals surface area contributed by atoms with Crippen molar-refractivity contribution in [2.24, 2.45) is 0 Å². The van der Waals surface area contributed by atoms with Crippen LogP contribution in [0.25, 0.3) is 0 Å². The maximum absolute atomic E-state index is 10.6. The van der Waals surface area contributed by atoms with Crippen molar-refractivity contribution in [2.75, 3.05) is 6.61 Å². The molecule has 0 radical (unpaired) electrons. The zero-order valence-electron chi connectivity index (χ0n) is 11.6. The minimum Gasteiger partial charge on any atom is -0.481 e. The van der Waals surface area contributed by atoms with Gasteiger partial charge in [-0.25, -0.2) is 4.68 Å². The van der Waals surface area contributed by atoms with E-state index in [1.165, 1.54) is 11.1 Å². The summed E-state index contributed by atoms with van der Waals surface area (Å²) in [6.45, 7) is 1.30. The van der Waals surface area contributed by atoms with Gasteiger partial charge in [0.1, 0.15) is 6.10 Å². The lowest BCUT2D eigenvalue weighted by atomic mass is 9.98. The molecule has 1 atom stereocenters. The Morgan fingerprint density at radius 3 is 3.14 bits per heavy atom. The Bertz CT molecular complexity index is 639. The summed E-state index contributed by atoms with van der Waals surface area (Å²) in [5, 5.41) is 16.7. The summed E-state index contributed by atoms with van der Waals surface area (Å²) < 4.78 is 7.56. The van der Waals surface area contributed by atoms with Crippen LogP contribution in [-0.2, 0) is 28.9 Å². The third kappa shape index (κ3) is 3.28. The van der Waals surface area contributed by atoms with Gasteiger partial charge in [0.15, 0.2) is 0 Å². The van der Waals surface area contributed by atoms with Crippen LogP contribution < -0.4 is 0 Å². The summed E-state index contributed by atoms with van der Waals surface area (Å²) in [4.78, 5) is 10.6. The van der Waals surface area contributed by atoms with E-state index in [0.717, 1.165) is 6.42 Å². The molecule has 0 spiro atoms. The van der Waals surface area contributed by atoms with Crippen LogP contribution in [-0.4, -0.2) is 32.7 Å². The molecule has 0 saturated carbocycles.